The Hall–Kier alpha value is -1.59. The molecule has 1 aliphatic heterocycles. The van der Waals surface area contributed by atoms with E-state index in [1.54, 1.807) is 7.11 Å². The van der Waals surface area contributed by atoms with Gasteiger partial charge in [0.15, 0.2) is 18.2 Å². The molecule has 1 saturated heterocycles. The molecule has 0 bridgehead atoms. The van der Waals surface area contributed by atoms with Gasteiger partial charge in [0.2, 0.25) is 0 Å². The van der Waals surface area contributed by atoms with Crippen molar-refractivity contribution in [3.8, 4) is 5.75 Å². The molecule has 5 heteroatoms. The Kier molecular flexibility index (Phi) is 4.17. The lowest BCUT2D eigenvalue weighted by atomic mass is 10.2. The third kappa shape index (κ3) is 3.21. The van der Waals surface area contributed by atoms with Crippen LogP contribution in [0.1, 0.15) is 6.92 Å². The maximum absolute atomic E-state index is 11.7. The molecule has 1 N–H and O–H groups in total. The molecule has 18 heavy (non-hydrogen) atoms. The fraction of sp³-hybridized carbons (Fsp3) is 0.462. The minimum absolute atomic E-state index is 0.00395. The number of anilines is 1. The molecular formula is C13H17NO4. The van der Waals surface area contributed by atoms with Crippen LogP contribution in [-0.2, 0) is 14.3 Å². The molecule has 0 aliphatic carbocycles. The Bertz CT molecular complexity index is 404. The summed E-state index contributed by atoms with van der Waals surface area (Å²) in [7, 11) is 1.62. The third-order valence-electron chi connectivity index (χ3n) is 2.66. The average molecular weight is 251 g/mol. The van der Waals surface area contributed by atoms with E-state index in [-0.39, 0.29) is 18.6 Å². The van der Waals surface area contributed by atoms with Crippen molar-refractivity contribution in [2.45, 2.75) is 19.3 Å². The molecule has 1 aromatic carbocycles. The lowest BCUT2D eigenvalue weighted by Gasteiger charge is -2.05. The van der Waals surface area contributed by atoms with Gasteiger partial charge < -0.3 is 19.5 Å². The van der Waals surface area contributed by atoms with E-state index < -0.39 is 6.10 Å². The second-order valence-electron chi connectivity index (χ2n) is 3.93. The number of benzene rings is 1. The summed E-state index contributed by atoms with van der Waals surface area (Å²) in [6.45, 7) is 2.67. The van der Waals surface area contributed by atoms with E-state index in [2.05, 4.69) is 5.32 Å². The largest absolute Gasteiger partial charge is 0.497 e. The summed E-state index contributed by atoms with van der Waals surface area (Å²) in [6, 6.07) is 7.40. The van der Waals surface area contributed by atoms with Gasteiger partial charge in [-0.15, -0.1) is 0 Å². The molecule has 0 amide bonds. The summed E-state index contributed by atoms with van der Waals surface area (Å²) in [5.74, 6) is 0.790. The number of epoxide rings is 1. The van der Waals surface area contributed by atoms with E-state index in [1.807, 2.05) is 31.2 Å². The van der Waals surface area contributed by atoms with E-state index in [9.17, 15) is 4.79 Å². The average Bonchev–Trinajstić information content (AvgIpc) is 3.16. The van der Waals surface area contributed by atoms with Crippen LogP contribution in [0.15, 0.2) is 24.3 Å². The Morgan fingerprint density at radius 3 is 2.72 bits per heavy atom. The van der Waals surface area contributed by atoms with Gasteiger partial charge in [-0.05, 0) is 31.2 Å². The normalized spacial score (nSPS) is 21.4. The van der Waals surface area contributed by atoms with Gasteiger partial charge in [0.1, 0.15) is 5.75 Å². The maximum Gasteiger partial charge on any atom is 0.192 e. The fourth-order valence-electron chi connectivity index (χ4n) is 1.62. The number of hydrogen-bond donors (Lipinski definition) is 1. The van der Waals surface area contributed by atoms with Crippen molar-refractivity contribution < 1.29 is 19.0 Å². The van der Waals surface area contributed by atoms with Crippen molar-refractivity contribution in [1.82, 2.24) is 0 Å². The summed E-state index contributed by atoms with van der Waals surface area (Å²) in [6.07, 6.45) is -0.754. The van der Waals surface area contributed by atoms with Gasteiger partial charge in [-0.2, -0.15) is 0 Å². The first-order chi connectivity index (χ1) is 8.74. The molecule has 98 valence electrons. The van der Waals surface area contributed by atoms with Crippen LogP contribution in [0.4, 0.5) is 5.69 Å². The first-order valence-corrected chi connectivity index (χ1v) is 5.92. The topological polar surface area (TPSA) is 60.1 Å². The highest BCUT2D eigenvalue weighted by atomic mass is 16.8. The molecule has 5 nitrogen and oxygen atoms in total. The zero-order chi connectivity index (χ0) is 13.0. The smallest absolute Gasteiger partial charge is 0.192 e. The molecule has 0 aromatic heterocycles. The summed E-state index contributed by atoms with van der Waals surface area (Å²) in [5.41, 5.74) is 0.873. The molecule has 1 heterocycles. The van der Waals surface area contributed by atoms with E-state index in [1.165, 1.54) is 0 Å². The molecule has 0 radical (unpaired) electrons. The predicted molar refractivity (Wildman–Crippen MR) is 66.8 cm³/mol. The minimum atomic E-state index is -0.407. The van der Waals surface area contributed by atoms with Crippen LogP contribution in [-0.4, -0.2) is 38.4 Å². The number of ketones is 1. The first-order valence-electron chi connectivity index (χ1n) is 5.92. The standard InChI is InChI=1S/C13H17NO4/c1-3-17-13-12(18-13)11(15)8-14-9-4-6-10(16-2)7-5-9/h4-7,12-14H,3,8H2,1-2H3. The van der Waals surface area contributed by atoms with Crippen molar-refractivity contribution in [3.05, 3.63) is 24.3 Å². The predicted octanol–water partition coefficient (Wildman–Crippen LogP) is 1.44. The van der Waals surface area contributed by atoms with Crippen molar-refractivity contribution in [2.24, 2.45) is 0 Å². The summed E-state index contributed by atoms with van der Waals surface area (Å²) >= 11 is 0. The Labute approximate surface area is 106 Å². The number of carbonyl (C=O) groups is 1. The third-order valence-corrected chi connectivity index (χ3v) is 2.66. The zero-order valence-electron chi connectivity index (χ0n) is 10.5. The molecule has 2 rings (SSSR count). The highest BCUT2D eigenvalue weighted by Crippen LogP contribution is 2.24. The van der Waals surface area contributed by atoms with Crippen LogP contribution in [0.5, 0.6) is 5.75 Å². The van der Waals surface area contributed by atoms with Gasteiger partial charge >= 0.3 is 0 Å². The Morgan fingerprint density at radius 1 is 1.39 bits per heavy atom. The zero-order valence-corrected chi connectivity index (χ0v) is 10.5. The number of ether oxygens (including phenoxy) is 3. The molecule has 2 unspecified atom stereocenters. The monoisotopic (exact) mass is 251 g/mol. The number of carbonyl (C=O) groups excluding carboxylic acids is 1. The van der Waals surface area contributed by atoms with E-state index in [0.29, 0.717) is 6.61 Å². The number of Topliss-reactive ketones (excluding diaryl/α,β-unsaturated/α-hetero) is 1. The highest BCUT2D eigenvalue weighted by Gasteiger charge is 2.45. The van der Waals surface area contributed by atoms with Crippen molar-refractivity contribution in [3.63, 3.8) is 0 Å². The van der Waals surface area contributed by atoms with Gasteiger partial charge in [-0.1, -0.05) is 0 Å². The van der Waals surface area contributed by atoms with Crippen LogP contribution in [0.2, 0.25) is 0 Å². The van der Waals surface area contributed by atoms with Crippen molar-refractivity contribution >= 4 is 11.5 Å². The van der Waals surface area contributed by atoms with Gasteiger partial charge in [0.25, 0.3) is 0 Å². The van der Waals surface area contributed by atoms with Crippen LogP contribution in [0.3, 0.4) is 0 Å². The highest BCUT2D eigenvalue weighted by molar-refractivity contribution is 5.89. The van der Waals surface area contributed by atoms with Crippen LogP contribution in [0.25, 0.3) is 0 Å². The quantitative estimate of drug-likeness (QED) is 0.743. The molecule has 2 atom stereocenters. The van der Waals surface area contributed by atoms with E-state index >= 15 is 0 Å². The van der Waals surface area contributed by atoms with Crippen molar-refractivity contribution in [1.29, 1.82) is 0 Å². The van der Waals surface area contributed by atoms with Gasteiger partial charge in [0.05, 0.1) is 13.7 Å². The second kappa shape index (κ2) is 5.84. The number of rotatable bonds is 7. The van der Waals surface area contributed by atoms with Crippen LogP contribution in [0, 0.1) is 0 Å². The first kappa shape index (κ1) is 12.9. The lowest BCUT2D eigenvalue weighted by molar-refractivity contribution is -0.118. The molecule has 1 aliphatic rings. The molecule has 0 saturated carbocycles. The van der Waals surface area contributed by atoms with Crippen LogP contribution >= 0.6 is 0 Å². The van der Waals surface area contributed by atoms with Crippen molar-refractivity contribution in [2.75, 3.05) is 25.6 Å². The summed E-state index contributed by atoms with van der Waals surface area (Å²) in [5, 5.41) is 3.04. The van der Waals surface area contributed by atoms with E-state index in [4.69, 9.17) is 14.2 Å². The second-order valence-corrected chi connectivity index (χ2v) is 3.93. The summed E-state index contributed by atoms with van der Waals surface area (Å²) < 4.78 is 15.3. The molecule has 1 fully saturated rings. The number of methoxy groups -OCH3 is 1. The van der Waals surface area contributed by atoms with Gasteiger partial charge in [-0.3, -0.25) is 4.79 Å². The number of hydrogen-bond acceptors (Lipinski definition) is 5. The molecule has 1 aromatic rings. The minimum Gasteiger partial charge on any atom is -0.497 e. The van der Waals surface area contributed by atoms with Gasteiger partial charge in [0, 0.05) is 12.3 Å². The Balaban J connectivity index is 1.76. The number of nitrogens with one attached hydrogen (secondary N) is 1. The summed E-state index contributed by atoms with van der Waals surface area (Å²) in [4.78, 5) is 11.7. The Morgan fingerprint density at radius 2 is 2.11 bits per heavy atom. The molecular weight excluding hydrogens is 234 g/mol. The fourth-order valence-corrected chi connectivity index (χ4v) is 1.62. The molecule has 0 spiro atoms. The SMILES string of the molecule is CCOC1OC1C(=O)CNc1ccc(OC)cc1. The van der Waals surface area contributed by atoms with E-state index in [0.717, 1.165) is 11.4 Å². The van der Waals surface area contributed by atoms with Crippen LogP contribution < -0.4 is 10.1 Å². The lowest BCUT2D eigenvalue weighted by Crippen LogP contribution is -2.21. The maximum atomic E-state index is 11.7. The van der Waals surface area contributed by atoms with Gasteiger partial charge in [-0.25, -0.2) is 0 Å².